The Morgan fingerprint density at radius 3 is 2.36 bits per heavy atom. The minimum atomic E-state index is -1.63. The summed E-state index contributed by atoms with van der Waals surface area (Å²) in [6.45, 7) is 9.06. The molecule has 0 unspecified atom stereocenters. The topological polar surface area (TPSA) is 137 Å². The van der Waals surface area contributed by atoms with Crippen molar-refractivity contribution < 1.29 is 29.0 Å². The third-order valence-electron chi connectivity index (χ3n) is 8.15. The fourth-order valence-electron chi connectivity index (χ4n) is 5.44. The fraction of sp³-hybridized carbons (Fsp3) is 0.444. The molecule has 0 spiro atoms. The normalized spacial score (nSPS) is 17.3. The fourth-order valence-corrected chi connectivity index (χ4v) is 6.60. The highest BCUT2D eigenvalue weighted by atomic mass is 32.2. The second-order valence-corrected chi connectivity index (χ2v) is 14.0. The third-order valence-corrected chi connectivity index (χ3v) is 9.16. The molecule has 11 heteroatoms. The standard InChI is InChI=1S/C36H46N4O6S/c1-6-23(2)31(38-30(41)20-46-29-18-12-16-25-15-10-11-17-26(25)29)34(44)37-27(19-24-13-8-7-9-14-24)32(42)35(45)40-22-47-21-28(40)33(43)39-36(3,4)5/h7-18,23,27-28,31-32,42H,6,19-22H2,1-5H3,(H,37,44)(H,38,41)(H,39,43)/t23-,27+,28+,31+,32+/m1/s1. The highest BCUT2D eigenvalue weighted by Crippen LogP contribution is 2.26. The summed E-state index contributed by atoms with van der Waals surface area (Å²) in [6.07, 6.45) is -0.890. The van der Waals surface area contributed by atoms with E-state index >= 15 is 0 Å². The monoisotopic (exact) mass is 662 g/mol. The average molecular weight is 663 g/mol. The number of carbonyl (C=O) groups is 4. The van der Waals surface area contributed by atoms with Crippen LogP contribution in [-0.4, -0.2) is 81.6 Å². The van der Waals surface area contributed by atoms with Crippen LogP contribution in [0.3, 0.4) is 0 Å². The Morgan fingerprint density at radius 1 is 0.979 bits per heavy atom. The molecule has 0 radical (unpaired) electrons. The molecule has 1 aliphatic heterocycles. The van der Waals surface area contributed by atoms with Crippen molar-refractivity contribution in [3.8, 4) is 5.75 Å². The van der Waals surface area contributed by atoms with E-state index < -0.39 is 47.5 Å². The summed E-state index contributed by atoms with van der Waals surface area (Å²) in [5, 5.41) is 21.9. The lowest BCUT2D eigenvalue weighted by Crippen LogP contribution is -2.60. The van der Waals surface area contributed by atoms with Crippen LogP contribution in [0.4, 0.5) is 0 Å². The van der Waals surface area contributed by atoms with Crippen molar-refractivity contribution in [1.29, 1.82) is 0 Å². The summed E-state index contributed by atoms with van der Waals surface area (Å²) in [5.41, 5.74) is 0.312. The van der Waals surface area contributed by atoms with Crippen molar-refractivity contribution in [3.63, 3.8) is 0 Å². The number of thioether (sulfide) groups is 1. The number of aliphatic hydroxyl groups excluding tert-OH is 1. The highest BCUT2D eigenvalue weighted by molar-refractivity contribution is 7.99. The lowest BCUT2D eigenvalue weighted by atomic mass is 9.95. The van der Waals surface area contributed by atoms with Gasteiger partial charge >= 0.3 is 0 Å². The van der Waals surface area contributed by atoms with Gasteiger partial charge in [0.2, 0.25) is 11.8 Å². The first-order valence-electron chi connectivity index (χ1n) is 16.0. The molecule has 1 fully saturated rings. The van der Waals surface area contributed by atoms with Gasteiger partial charge in [-0.05, 0) is 50.1 Å². The van der Waals surface area contributed by atoms with Gasteiger partial charge in [0.05, 0.1) is 11.9 Å². The lowest BCUT2D eigenvalue weighted by molar-refractivity contribution is -0.147. The molecule has 0 aromatic heterocycles. The maximum Gasteiger partial charge on any atom is 0.258 e. The van der Waals surface area contributed by atoms with Crippen LogP contribution < -0.4 is 20.7 Å². The van der Waals surface area contributed by atoms with Gasteiger partial charge in [-0.15, -0.1) is 11.8 Å². The predicted octanol–water partition coefficient (Wildman–Crippen LogP) is 3.65. The molecule has 252 valence electrons. The number of hydrogen-bond donors (Lipinski definition) is 4. The summed E-state index contributed by atoms with van der Waals surface area (Å²) in [5.74, 6) is -0.996. The van der Waals surface area contributed by atoms with Crippen LogP contribution in [0.1, 0.15) is 46.6 Å². The van der Waals surface area contributed by atoms with Crippen LogP contribution in [0.15, 0.2) is 72.8 Å². The molecule has 0 aliphatic carbocycles. The van der Waals surface area contributed by atoms with E-state index in [1.165, 1.54) is 16.7 Å². The number of amides is 4. The van der Waals surface area contributed by atoms with Gasteiger partial charge in [0.25, 0.3) is 11.8 Å². The largest absolute Gasteiger partial charge is 0.483 e. The van der Waals surface area contributed by atoms with Gasteiger partial charge < -0.3 is 30.7 Å². The molecular formula is C36H46N4O6S. The molecule has 0 saturated carbocycles. The van der Waals surface area contributed by atoms with Gasteiger partial charge in [-0.1, -0.05) is 87.0 Å². The quantitative estimate of drug-likeness (QED) is 0.219. The number of rotatable bonds is 13. The Kier molecular flexibility index (Phi) is 12.3. The van der Waals surface area contributed by atoms with Gasteiger partial charge in [0.1, 0.15) is 17.8 Å². The van der Waals surface area contributed by atoms with Crippen LogP contribution in [0.25, 0.3) is 10.8 Å². The molecule has 0 bridgehead atoms. The molecule has 1 aliphatic rings. The summed E-state index contributed by atoms with van der Waals surface area (Å²) >= 11 is 1.43. The number of aliphatic hydroxyl groups is 1. The first-order valence-corrected chi connectivity index (χ1v) is 17.2. The van der Waals surface area contributed by atoms with E-state index in [4.69, 9.17) is 4.74 Å². The van der Waals surface area contributed by atoms with Crippen molar-refractivity contribution in [3.05, 3.63) is 78.4 Å². The molecule has 1 saturated heterocycles. The third kappa shape index (κ3) is 9.71. The molecule has 4 amide bonds. The summed E-state index contributed by atoms with van der Waals surface area (Å²) in [4.78, 5) is 55.1. The van der Waals surface area contributed by atoms with E-state index in [1.54, 1.807) is 6.07 Å². The van der Waals surface area contributed by atoms with E-state index in [1.807, 2.05) is 101 Å². The number of fused-ring (bicyclic) bond motifs is 1. The minimum Gasteiger partial charge on any atom is -0.483 e. The Hall–Kier alpha value is -4.09. The Labute approximate surface area is 281 Å². The van der Waals surface area contributed by atoms with Crippen LogP contribution in [-0.2, 0) is 25.6 Å². The summed E-state index contributed by atoms with van der Waals surface area (Å²) < 4.78 is 5.85. The zero-order chi connectivity index (χ0) is 34.1. The van der Waals surface area contributed by atoms with Crippen molar-refractivity contribution in [2.75, 3.05) is 18.2 Å². The highest BCUT2D eigenvalue weighted by Gasteiger charge is 2.41. The average Bonchev–Trinajstić information content (AvgIpc) is 3.55. The molecule has 3 aromatic rings. The van der Waals surface area contributed by atoms with Crippen LogP contribution >= 0.6 is 11.8 Å². The first kappa shape index (κ1) is 35.8. The zero-order valence-electron chi connectivity index (χ0n) is 27.7. The SMILES string of the molecule is CC[C@@H](C)[C@H](NC(=O)COc1cccc2ccccc12)C(=O)N[C@@H](Cc1ccccc1)[C@H](O)C(=O)N1CSC[C@H]1C(=O)NC(C)(C)C. The number of benzene rings is 3. The van der Waals surface area contributed by atoms with Crippen molar-refractivity contribution in [2.45, 2.75) is 77.2 Å². The summed E-state index contributed by atoms with van der Waals surface area (Å²) in [7, 11) is 0. The molecule has 1 heterocycles. The van der Waals surface area contributed by atoms with E-state index in [0.717, 1.165) is 16.3 Å². The van der Waals surface area contributed by atoms with Crippen LogP contribution in [0, 0.1) is 5.92 Å². The zero-order valence-corrected chi connectivity index (χ0v) is 28.5. The number of carbonyl (C=O) groups excluding carboxylic acids is 4. The Balaban J connectivity index is 1.49. The molecule has 4 N–H and O–H groups in total. The number of ether oxygens (including phenoxy) is 1. The smallest absolute Gasteiger partial charge is 0.258 e. The maximum absolute atomic E-state index is 13.8. The lowest BCUT2D eigenvalue weighted by Gasteiger charge is -2.32. The molecule has 10 nitrogen and oxygen atoms in total. The molecule has 47 heavy (non-hydrogen) atoms. The second-order valence-electron chi connectivity index (χ2n) is 13.0. The van der Waals surface area contributed by atoms with E-state index in [9.17, 15) is 24.3 Å². The van der Waals surface area contributed by atoms with Gasteiger partial charge in [-0.3, -0.25) is 19.2 Å². The van der Waals surface area contributed by atoms with Crippen LogP contribution in [0.5, 0.6) is 5.75 Å². The first-order chi connectivity index (χ1) is 22.4. The van der Waals surface area contributed by atoms with Crippen molar-refractivity contribution in [1.82, 2.24) is 20.9 Å². The molecule has 3 aromatic carbocycles. The Morgan fingerprint density at radius 2 is 1.66 bits per heavy atom. The Bertz CT molecular complexity index is 1540. The minimum absolute atomic E-state index is 0.157. The second kappa shape index (κ2) is 16.1. The maximum atomic E-state index is 13.8. The van der Waals surface area contributed by atoms with Gasteiger partial charge in [0, 0.05) is 16.7 Å². The van der Waals surface area contributed by atoms with Crippen molar-refractivity contribution >= 4 is 46.2 Å². The number of nitrogens with zero attached hydrogens (tertiary/aromatic N) is 1. The van der Waals surface area contributed by atoms with Crippen molar-refractivity contribution in [2.24, 2.45) is 5.92 Å². The van der Waals surface area contributed by atoms with E-state index in [0.29, 0.717) is 17.9 Å². The molecule has 4 rings (SSSR count). The van der Waals surface area contributed by atoms with E-state index in [2.05, 4.69) is 16.0 Å². The van der Waals surface area contributed by atoms with E-state index in [-0.39, 0.29) is 30.7 Å². The van der Waals surface area contributed by atoms with Crippen LogP contribution in [0.2, 0.25) is 0 Å². The molecule has 5 atom stereocenters. The molecular weight excluding hydrogens is 616 g/mol. The van der Waals surface area contributed by atoms with Gasteiger partial charge in [0.15, 0.2) is 12.7 Å². The summed E-state index contributed by atoms with van der Waals surface area (Å²) in [6, 6.07) is 19.8. The number of nitrogens with one attached hydrogen (secondary N) is 3. The van der Waals surface area contributed by atoms with Gasteiger partial charge in [-0.2, -0.15) is 0 Å². The van der Waals surface area contributed by atoms with Gasteiger partial charge in [-0.25, -0.2) is 0 Å². The predicted molar refractivity (Wildman–Crippen MR) is 185 cm³/mol. The number of hydrogen-bond acceptors (Lipinski definition) is 7.